The first-order valence-electron chi connectivity index (χ1n) is 4.98. The second kappa shape index (κ2) is 3.60. The van der Waals surface area contributed by atoms with Crippen molar-refractivity contribution in [3.8, 4) is 0 Å². The predicted molar refractivity (Wildman–Crippen MR) is 58.5 cm³/mol. The molecular weight excluding hydrogens is 182 g/mol. The molecule has 1 unspecified atom stereocenters. The van der Waals surface area contributed by atoms with Crippen molar-refractivity contribution in [2.24, 2.45) is 9.78 Å². The van der Waals surface area contributed by atoms with Gasteiger partial charge in [0, 0.05) is 27.8 Å². The van der Waals surface area contributed by atoms with Crippen LogP contribution in [-0.4, -0.2) is 22.3 Å². The summed E-state index contributed by atoms with van der Waals surface area (Å²) >= 11 is 0. The summed E-state index contributed by atoms with van der Waals surface area (Å²) in [5.41, 5.74) is 0.308. The van der Waals surface area contributed by atoms with Gasteiger partial charge in [0.2, 0.25) is 0 Å². The van der Waals surface area contributed by atoms with Crippen LogP contribution in [0.5, 0.6) is 0 Å². The lowest BCUT2D eigenvalue weighted by atomic mass is 9.93. The summed E-state index contributed by atoms with van der Waals surface area (Å²) in [5.74, 6) is 0. The standard InChI is InChI=1S/C10H21NOS/c1-10(2,3)7-8-11-13(4,12)9-5-6-9/h9H,5-8H2,1-4H3. The Morgan fingerprint density at radius 3 is 2.31 bits per heavy atom. The molecule has 3 heteroatoms. The molecule has 0 aromatic carbocycles. The molecule has 0 saturated heterocycles. The Balaban J connectivity index is 2.43. The largest absolute Gasteiger partial charge is 0.250 e. The van der Waals surface area contributed by atoms with Crippen molar-refractivity contribution < 1.29 is 4.21 Å². The van der Waals surface area contributed by atoms with E-state index in [0.29, 0.717) is 10.7 Å². The van der Waals surface area contributed by atoms with Gasteiger partial charge in [0.25, 0.3) is 0 Å². The van der Waals surface area contributed by atoms with E-state index in [1.165, 1.54) is 0 Å². The van der Waals surface area contributed by atoms with E-state index < -0.39 is 9.73 Å². The van der Waals surface area contributed by atoms with Gasteiger partial charge in [-0.2, -0.15) is 0 Å². The minimum absolute atomic E-state index is 0.308. The minimum Gasteiger partial charge on any atom is -0.250 e. The van der Waals surface area contributed by atoms with Crippen LogP contribution in [0.1, 0.15) is 40.0 Å². The van der Waals surface area contributed by atoms with Crippen LogP contribution in [0.25, 0.3) is 0 Å². The molecule has 0 heterocycles. The second-order valence-corrected chi connectivity index (χ2v) is 7.87. The van der Waals surface area contributed by atoms with Gasteiger partial charge in [-0.3, -0.25) is 0 Å². The first kappa shape index (κ1) is 11.0. The van der Waals surface area contributed by atoms with E-state index in [1.807, 2.05) is 6.26 Å². The molecule has 1 saturated carbocycles. The molecule has 1 atom stereocenters. The van der Waals surface area contributed by atoms with Crippen molar-refractivity contribution in [3.63, 3.8) is 0 Å². The van der Waals surface area contributed by atoms with E-state index >= 15 is 0 Å². The Labute approximate surface area is 82.3 Å². The molecule has 0 aromatic heterocycles. The van der Waals surface area contributed by atoms with Gasteiger partial charge >= 0.3 is 0 Å². The summed E-state index contributed by atoms with van der Waals surface area (Å²) in [6.45, 7) is 7.33. The smallest absolute Gasteiger partial charge is 0.0489 e. The van der Waals surface area contributed by atoms with Crippen molar-refractivity contribution in [3.05, 3.63) is 0 Å². The summed E-state index contributed by atoms with van der Waals surface area (Å²) in [6, 6.07) is 0. The Hall–Kier alpha value is -0.0500. The van der Waals surface area contributed by atoms with E-state index in [4.69, 9.17) is 0 Å². The molecule has 1 aliphatic rings. The van der Waals surface area contributed by atoms with Gasteiger partial charge in [0.1, 0.15) is 0 Å². The van der Waals surface area contributed by atoms with Crippen LogP contribution < -0.4 is 0 Å². The zero-order chi connectivity index (χ0) is 10.1. The van der Waals surface area contributed by atoms with E-state index in [9.17, 15) is 4.21 Å². The Bertz CT molecular complexity index is 278. The molecule has 0 spiro atoms. The van der Waals surface area contributed by atoms with Gasteiger partial charge in [0.05, 0.1) is 0 Å². The molecule has 1 rings (SSSR count). The zero-order valence-corrected chi connectivity index (χ0v) is 9.99. The van der Waals surface area contributed by atoms with Gasteiger partial charge in [-0.25, -0.2) is 8.57 Å². The lowest BCUT2D eigenvalue weighted by Gasteiger charge is -2.16. The third kappa shape index (κ3) is 4.12. The van der Waals surface area contributed by atoms with Crippen molar-refractivity contribution in [2.45, 2.75) is 45.3 Å². The highest BCUT2D eigenvalue weighted by Gasteiger charge is 2.30. The summed E-state index contributed by atoms with van der Waals surface area (Å²) in [4.78, 5) is 0. The molecule has 2 nitrogen and oxygen atoms in total. The molecule has 0 bridgehead atoms. The normalized spacial score (nSPS) is 22.5. The van der Waals surface area contributed by atoms with E-state index in [0.717, 1.165) is 25.8 Å². The third-order valence-corrected chi connectivity index (χ3v) is 4.76. The third-order valence-electron chi connectivity index (χ3n) is 2.35. The molecule has 13 heavy (non-hydrogen) atoms. The molecule has 0 N–H and O–H groups in total. The van der Waals surface area contributed by atoms with Crippen molar-refractivity contribution in [2.75, 3.05) is 12.8 Å². The van der Waals surface area contributed by atoms with E-state index in [-0.39, 0.29) is 0 Å². The van der Waals surface area contributed by atoms with Crippen molar-refractivity contribution in [1.82, 2.24) is 0 Å². The van der Waals surface area contributed by atoms with Gasteiger partial charge in [-0.15, -0.1) is 0 Å². The van der Waals surface area contributed by atoms with Crippen LogP contribution >= 0.6 is 0 Å². The highest BCUT2D eigenvalue weighted by atomic mass is 32.2. The maximum Gasteiger partial charge on any atom is 0.0489 e. The van der Waals surface area contributed by atoms with Crippen molar-refractivity contribution >= 4 is 9.73 Å². The lowest BCUT2D eigenvalue weighted by Crippen LogP contribution is -2.09. The maximum absolute atomic E-state index is 11.9. The van der Waals surface area contributed by atoms with E-state index in [2.05, 4.69) is 25.1 Å². The summed E-state index contributed by atoms with van der Waals surface area (Å²) in [5, 5.41) is 0.410. The highest BCUT2D eigenvalue weighted by Crippen LogP contribution is 2.29. The van der Waals surface area contributed by atoms with Crippen molar-refractivity contribution in [1.29, 1.82) is 0 Å². The predicted octanol–water partition coefficient (Wildman–Crippen LogP) is 2.68. The summed E-state index contributed by atoms with van der Waals surface area (Å²) in [7, 11) is -1.83. The number of nitrogens with zero attached hydrogens (tertiary/aromatic N) is 1. The SMILES string of the molecule is CC(C)(C)CCN=S(C)(=O)C1CC1. The summed E-state index contributed by atoms with van der Waals surface area (Å²) in [6.07, 6.45) is 5.08. The Morgan fingerprint density at radius 1 is 1.38 bits per heavy atom. The fourth-order valence-corrected chi connectivity index (χ4v) is 2.85. The van der Waals surface area contributed by atoms with Gasteiger partial charge in [0.15, 0.2) is 0 Å². The van der Waals surface area contributed by atoms with Gasteiger partial charge < -0.3 is 0 Å². The fourth-order valence-electron chi connectivity index (χ4n) is 1.17. The summed E-state index contributed by atoms with van der Waals surface area (Å²) < 4.78 is 16.2. The number of hydrogen-bond acceptors (Lipinski definition) is 2. The lowest BCUT2D eigenvalue weighted by molar-refractivity contribution is 0.386. The van der Waals surface area contributed by atoms with Gasteiger partial charge in [-0.1, -0.05) is 20.8 Å². The minimum atomic E-state index is -1.83. The molecule has 0 radical (unpaired) electrons. The first-order chi connectivity index (χ1) is 5.81. The number of hydrogen-bond donors (Lipinski definition) is 0. The molecule has 0 aromatic rings. The first-order valence-corrected chi connectivity index (χ1v) is 6.97. The van der Waals surface area contributed by atoms with Crippen LogP contribution in [0, 0.1) is 5.41 Å². The number of rotatable bonds is 3. The highest BCUT2D eigenvalue weighted by molar-refractivity contribution is 7.93. The maximum atomic E-state index is 11.9. The molecule has 0 aliphatic heterocycles. The van der Waals surface area contributed by atoms with E-state index in [1.54, 1.807) is 0 Å². The molecular formula is C10H21NOS. The Kier molecular flexibility index (Phi) is 3.05. The Morgan fingerprint density at radius 2 is 1.92 bits per heavy atom. The van der Waals surface area contributed by atoms with Crippen LogP contribution in [0.4, 0.5) is 0 Å². The fraction of sp³-hybridized carbons (Fsp3) is 1.00. The monoisotopic (exact) mass is 203 g/mol. The van der Waals surface area contributed by atoms with Crippen LogP contribution in [-0.2, 0) is 9.73 Å². The molecule has 1 fully saturated rings. The van der Waals surface area contributed by atoms with Crippen LogP contribution in [0.3, 0.4) is 0 Å². The second-order valence-electron chi connectivity index (χ2n) is 5.22. The van der Waals surface area contributed by atoms with Crippen LogP contribution in [0.2, 0.25) is 0 Å². The topological polar surface area (TPSA) is 29.4 Å². The zero-order valence-electron chi connectivity index (χ0n) is 9.17. The van der Waals surface area contributed by atoms with Gasteiger partial charge in [-0.05, 0) is 24.7 Å². The average Bonchev–Trinajstić information content (AvgIpc) is 2.62. The van der Waals surface area contributed by atoms with Crippen LogP contribution in [0.15, 0.2) is 4.36 Å². The molecule has 78 valence electrons. The quantitative estimate of drug-likeness (QED) is 0.693. The molecule has 0 amide bonds. The average molecular weight is 203 g/mol. The molecule has 1 aliphatic carbocycles.